The van der Waals surface area contributed by atoms with Crippen molar-refractivity contribution in [1.29, 1.82) is 0 Å². The third kappa shape index (κ3) is 9.21. The van der Waals surface area contributed by atoms with E-state index in [1.807, 2.05) is 35.9 Å². The lowest BCUT2D eigenvalue weighted by atomic mass is 9.89. The third-order valence-corrected chi connectivity index (χ3v) is 5.47. The number of carbonyl (C=O) groups is 3. The van der Waals surface area contributed by atoms with E-state index in [2.05, 4.69) is 5.32 Å². The molecule has 178 valence electrons. The number of nitrogens with zero attached hydrogens (tertiary/aromatic N) is 2. The van der Waals surface area contributed by atoms with Crippen LogP contribution in [0, 0.1) is 5.92 Å². The molecule has 3 amide bonds. The Morgan fingerprint density at radius 1 is 1.06 bits per heavy atom. The Balaban J connectivity index is 1.58. The van der Waals surface area contributed by atoms with Crippen LogP contribution in [0.15, 0.2) is 24.4 Å². The average Bonchev–Trinajstić information content (AvgIpc) is 2.81. The average molecular weight is 451 g/mol. The number of carbonyl (C=O) groups excluding carboxylic acids is 3. The van der Waals surface area contributed by atoms with Crippen LogP contribution in [-0.2, 0) is 32.1 Å². The van der Waals surface area contributed by atoms with E-state index in [9.17, 15) is 14.4 Å². The van der Waals surface area contributed by atoms with Gasteiger partial charge in [0, 0.05) is 25.6 Å². The van der Waals surface area contributed by atoms with Gasteiger partial charge in [0.05, 0.1) is 13.2 Å². The topological polar surface area (TPSA) is 98.1 Å². The minimum atomic E-state index is -0.717. The van der Waals surface area contributed by atoms with Gasteiger partial charge in [-0.05, 0) is 25.7 Å². The van der Waals surface area contributed by atoms with Gasteiger partial charge in [-0.2, -0.15) is 0 Å². The van der Waals surface area contributed by atoms with E-state index in [-0.39, 0.29) is 33.0 Å². The number of aromatic nitrogens is 1. The first kappa shape index (κ1) is 25.6. The molecule has 0 saturated heterocycles. The van der Waals surface area contributed by atoms with Gasteiger partial charge in [-0.25, -0.2) is 19.1 Å². The predicted molar refractivity (Wildman–Crippen MR) is 117 cm³/mol. The van der Waals surface area contributed by atoms with Crippen LogP contribution in [0.1, 0.15) is 51.6 Å². The van der Waals surface area contributed by atoms with Crippen LogP contribution in [-0.4, -0.2) is 56.0 Å². The highest BCUT2D eigenvalue weighted by atomic mass is 16.6. The van der Waals surface area contributed by atoms with E-state index in [0.717, 1.165) is 30.0 Å². The lowest BCUT2D eigenvalue weighted by Crippen LogP contribution is -2.43. The van der Waals surface area contributed by atoms with Gasteiger partial charge in [0.25, 0.3) is 0 Å². The zero-order valence-electron chi connectivity index (χ0n) is 19.2. The van der Waals surface area contributed by atoms with Gasteiger partial charge in [0.1, 0.15) is 26.3 Å². The summed E-state index contributed by atoms with van der Waals surface area (Å²) in [5.74, 6) is 0.154. The number of imide groups is 1. The maximum Gasteiger partial charge on any atom is 0.417 e. The van der Waals surface area contributed by atoms with Crippen molar-refractivity contribution in [2.24, 2.45) is 5.92 Å². The Labute approximate surface area is 190 Å². The highest BCUT2D eigenvalue weighted by Crippen LogP contribution is 2.22. The molecule has 1 aliphatic carbocycles. The highest BCUT2D eigenvalue weighted by Gasteiger charge is 2.23. The summed E-state index contributed by atoms with van der Waals surface area (Å²) in [7, 11) is 0. The summed E-state index contributed by atoms with van der Waals surface area (Å²) < 4.78 is 17.5. The Hall–Kier alpha value is -2.68. The van der Waals surface area contributed by atoms with Gasteiger partial charge in [-0.1, -0.05) is 25.3 Å². The van der Waals surface area contributed by atoms with E-state index in [1.54, 1.807) is 0 Å². The van der Waals surface area contributed by atoms with Crippen molar-refractivity contribution in [3.8, 4) is 0 Å². The first-order valence-corrected chi connectivity index (χ1v) is 11.4. The molecule has 2 rings (SSSR count). The number of alkyl carbamates (subject to hydrolysis) is 1. The predicted octanol–water partition coefficient (Wildman–Crippen LogP) is 2.80. The molecule has 1 aromatic heterocycles. The van der Waals surface area contributed by atoms with Gasteiger partial charge in [-0.15, -0.1) is 0 Å². The van der Waals surface area contributed by atoms with Crippen molar-refractivity contribution < 1.29 is 33.2 Å². The van der Waals surface area contributed by atoms with Crippen molar-refractivity contribution in [2.75, 3.05) is 33.0 Å². The van der Waals surface area contributed by atoms with Gasteiger partial charge >= 0.3 is 12.2 Å². The van der Waals surface area contributed by atoms with Crippen molar-refractivity contribution >= 4 is 18.1 Å². The van der Waals surface area contributed by atoms with Crippen LogP contribution >= 0.6 is 0 Å². The van der Waals surface area contributed by atoms with E-state index in [1.165, 1.54) is 26.2 Å². The maximum atomic E-state index is 12.3. The molecule has 0 bridgehead atoms. The summed E-state index contributed by atoms with van der Waals surface area (Å²) in [6, 6.07) is 5.61. The molecule has 1 saturated carbocycles. The van der Waals surface area contributed by atoms with E-state index >= 15 is 0 Å². The van der Waals surface area contributed by atoms with Crippen molar-refractivity contribution in [1.82, 2.24) is 10.2 Å². The quantitative estimate of drug-likeness (QED) is 0.411. The Bertz CT molecular complexity index is 736. The van der Waals surface area contributed by atoms with Crippen molar-refractivity contribution in [3.05, 3.63) is 30.1 Å². The fraction of sp³-hybridized carbons (Fsp3) is 0.652. The fourth-order valence-electron chi connectivity index (χ4n) is 3.66. The second-order valence-electron chi connectivity index (χ2n) is 7.83. The van der Waals surface area contributed by atoms with Crippen molar-refractivity contribution in [2.45, 2.75) is 59.0 Å². The summed E-state index contributed by atoms with van der Waals surface area (Å²) in [6.45, 7) is 5.29. The zero-order valence-corrected chi connectivity index (χ0v) is 19.2. The summed E-state index contributed by atoms with van der Waals surface area (Å²) in [5, 5.41) is 2.80. The number of hydrogen-bond donors (Lipinski definition) is 1. The minimum Gasteiger partial charge on any atom is -0.447 e. The Morgan fingerprint density at radius 3 is 2.47 bits per heavy atom. The molecule has 0 atom stereocenters. The lowest BCUT2D eigenvalue weighted by molar-refractivity contribution is -0.701. The number of hydrogen-bond acceptors (Lipinski definition) is 6. The molecular weight excluding hydrogens is 414 g/mol. The standard InChI is InChI=1S/C23H35N3O6/c1-3-25-12-8-7-11-21(25)18-26(19(2)27)23(29)32-16-14-30-13-15-31-22(28)24-17-20-9-5-4-6-10-20/h7-8,11-12,20H,3-6,9-10,13-18H2,1-2H3/p+1. The number of nitrogens with one attached hydrogen (secondary N) is 1. The molecule has 9 nitrogen and oxygen atoms in total. The summed E-state index contributed by atoms with van der Waals surface area (Å²) in [5.41, 5.74) is 0.831. The number of amides is 3. The van der Waals surface area contributed by atoms with Crippen LogP contribution < -0.4 is 9.88 Å². The molecular formula is C23H36N3O6+. The minimum absolute atomic E-state index is 0.000935. The molecule has 1 aromatic rings. The molecule has 0 radical (unpaired) electrons. The molecule has 0 aliphatic heterocycles. The molecule has 0 spiro atoms. The summed E-state index contributed by atoms with van der Waals surface area (Å²) >= 11 is 0. The zero-order chi connectivity index (χ0) is 23.2. The van der Waals surface area contributed by atoms with Crippen LogP contribution in [0.3, 0.4) is 0 Å². The second-order valence-corrected chi connectivity index (χ2v) is 7.83. The number of rotatable bonds is 11. The molecule has 1 N–H and O–H groups in total. The number of ether oxygens (including phenoxy) is 3. The van der Waals surface area contributed by atoms with E-state index in [4.69, 9.17) is 14.2 Å². The summed E-state index contributed by atoms with van der Waals surface area (Å²) in [6.07, 6.45) is 6.81. The van der Waals surface area contributed by atoms with Gasteiger partial charge in [0.2, 0.25) is 11.6 Å². The first-order chi connectivity index (χ1) is 15.5. The maximum absolute atomic E-state index is 12.3. The smallest absolute Gasteiger partial charge is 0.417 e. The normalized spacial score (nSPS) is 13.9. The summed E-state index contributed by atoms with van der Waals surface area (Å²) in [4.78, 5) is 37.0. The van der Waals surface area contributed by atoms with Crippen LogP contribution in [0.2, 0.25) is 0 Å². The first-order valence-electron chi connectivity index (χ1n) is 11.4. The Kier molecular flexibility index (Phi) is 11.5. The molecule has 32 heavy (non-hydrogen) atoms. The molecule has 0 unspecified atom stereocenters. The van der Waals surface area contributed by atoms with Gasteiger partial charge in [0.15, 0.2) is 6.20 Å². The largest absolute Gasteiger partial charge is 0.447 e. The molecule has 1 fully saturated rings. The van der Waals surface area contributed by atoms with Crippen molar-refractivity contribution in [3.63, 3.8) is 0 Å². The van der Waals surface area contributed by atoms with E-state index in [0.29, 0.717) is 12.5 Å². The second kappa shape index (κ2) is 14.4. The monoisotopic (exact) mass is 450 g/mol. The molecule has 1 heterocycles. The van der Waals surface area contributed by atoms with Crippen LogP contribution in [0.5, 0.6) is 0 Å². The molecule has 1 aliphatic rings. The lowest BCUT2D eigenvalue weighted by Gasteiger charge is -2.21. The molecule has 0 aromatic carbocycles. The van der Waals surface area contributed by atoms with Crippen LogP contribution in [0.25, 0.3) is 0 Å². The SMILES string of the molecule is CC[n+]1ccccc1CN(C(C)=O)C(=O)OCCOCCOC(=O)NCC1CCCCC1. The number of pyridine rings is 1. The number of aryl methyl sites for hydroxylation is 1. The van der Waals surface area contributed by atoms with Gasteiger partial charge < -0.3 is 19.5 Å². The van der Waals surface area contributed by atoms with E-state index < -0.39 is 18.1 Å². The Morgan fingerprint density at radius 2 is 1.78 bits per heavy atom. The third-order valence-electron chi connectivity index (χ3n) is 5.47. The highest BCUT2D eigenvalue weighted by molar-refractivity contribution is 5.90. The fourth-order valence-corrected chi connectivity index (χ4v) is 3.66. The van der Waals surface area contributed by atoms with Crippen LogP contribution in [0.4, 0.5) is 9.59 Å². The molecule has 9 heteroatoms. The van der Waals surface area contributed by atoms with Gasteiger partial charge in [-0.3, -0.25) is 4.79 Å².